The molecule has 1 heterocycles. The number of nitrogens with one attached hydrogen (secondary N) is 1. The van der Waals surface area contributed by atoms with Gasteiger partial charge < -0.3 is 20.2 Å². The molecule has 16 heavy (non-hydrogen) atoms. The largest absolute Gasteiger partial charge is 0.497 e. The molecule has 84 valence electrons. The summed E-state index contributed by atoms with van der Waals surface area (Å²) in [5.74, 6) is 0.220. The number of fused-ring (bicyclic) bond motifs is 1. The molecule has 0 unspecified atom stereocenters. The molecule has 0 atom stereocenters. The van der Waals surface area contributed by atoms with E-state index in [1.807, 2.05) is 0 Å². The third-order valence-electron chi connectivity index (χ3n) is 2.44. The fourth-order valence-corrected chi connectivity index (χ4v) is 1.59. The Balaban J connectivity index is 2.63. The van der Waals surface area contributed by atoms with Crippen molar-refractivity contribution in [3.8, 4) is 5.75 Å². The van der Waals surface area contributed by atoms with Gasteiger partial charge in [-0.2, -0.15) is 0 Å². The van der Waals surface area contributed by atoms with Gasteiger partial charge in [0.05, 0.1) is 25.4 Å². The van der Waals surface area contributed by atoms with Gasteiger partial charge in [-0.25, -0.2) is 4.79 Å². The first-order chi connectivity index (χ1) is 7.67. The summed E-state index contributed by atoms with van der Waals surface area (Å²) in [5.41, 5.74) is 7.24. The number of hydrogen-bond acceptors (Lipinski definition) is 4. The van der Waals surface area contributed by atoms with Crippen molar-refractivity contribution in [2.45, 2.75) is 0 Å². The lowest BCUT2D eigenvalue weighted by atomic mass is 10.2. The maximum atomic E-state index is 11.4. The molecule has 0 saturated heterocycles. The summed E-state index contributed by atoms with van der Waals surface area (Å²) in [4.78, 5) is 14.3. The summed E-state index contributed by atoms with van der Waals surface area (Å²) in [7, 11) is 2.89. The fraction of sp³-hybridized carbons (Fsp3) is 0.182. The summed E-state index contributed by atoms with van der Waals surface area (Å²) < 4.78 is 9.70. The zero-order valence-electron chi connectivity index (χ0n) is 9.03. The standard InChI is InChI=1S/C11H12N2O3/c1-15-6-3-4-7-8(5-6)13-10(9(7)12)11(14)16-2/h3-5,13H,12H2,1-2H3. The number of rotatable bonds is 2. The summed E-state index contributed by atoms with van der Waals surface area (Å²) in [6.07, 6.45) is 0. The van der Waals surface area contributed by atoms with Crippen LogP contribution in [0.5, 0.6) is 5.75 Å². The minimum absolute atomic E-state index is 0.269. The van der Waals surface area contributed by atoms with E-state index in [2.05, 4.69) is 9.72 Å². The molecule has 1 aromatic heterocycles. The molecule has 1 aromatic carbocycles. The van der Waals surface area contributed by atoms with Crippen molar-refractivity contribution in [3.63, 3.8) is 0 Å². The third kappa shape index (κ3) is 1.46. The monoisotopic (exact) mass is 220 g/mol. The molecule has 0 spiro atoms. The number of anilines is 1. The van der Waals surface area contributed by atoms with Crippen LogP contribution in [0.2, 0.25) is 0 Å². The molecule has 5 nitrogen and oxygen atoms in total. The van der Waals surface area contributed by atoms with E-state index in [1.54, 1.807) is 25.3 Å². The van der Waals surface area contributed by atoms with Crippen LogP contribution in [0.25, 0.3) is 10.9 Å². The van der Waals surface area contributed by atoms with E-state index in [0.717, 1.165) is 10.9 Å². The van der Waals surface area contributed by atoms with Gasteiger partial charge in [0.25, 0.3) is 0 Å². The second-order valence-electron chi connectivity index (χ2n) is 3.32. The van der Waals surface area contributed by atoms with E-state index in [-0.39, 0.29) is 5.69 Å². The van der Waals surface area contributed by atoms with Crippen LogP contribution < -0.4 is 10.5 Å². The number of benzene rings is 1. The van der Waals surface area contributed by atoms with Gasteiger partial charge >= 0.3 is 5.97 Å². The number of methoxy groups -OCH3 is 2. The Hall–Kier alpha value is -2.17. The average Bonchev–Trinajstić information content (AvgIpc) is 2.65. The van der Waals surface area contributed by atoms with Crippen molar-refractivity contribution >= 4 is 22.6 Å². The lowest BCUT2D eigenvalue weighted by Gasteiger charge is -1.98. The molecule has 2 aromatic rings. The minimum atomic E-state index is -0.479. The maximum absolute atomic E-state index is 11.4. The van der Waals surface area contributed by atoms with Gasteiger partial charge in [0.1, 0.15) is 11.4 Å². The Morgan fingerprint density at radius 2 is 2.12 bits per heavy atom. The van der Waals surface area contributed by atoms with Crippen molar-refractivity contribution in [3.05, 3.63) is 23.9 Å². The third-order valence-corrected chi connectivity index (χ3v) is 2.44. The number of carbonyl (C=O) groups excluding carboxylic acids is 1. The normalized spacial score (nSPS) is 10.4. The van der Waals surface area contributed by atoms with Crippen LogP contribution in [-0.4, -0.2) is 25.2 Å². The van der Waals surface area contributed by atoms with E-state index in [0.29, 0.717) is 11.4 Å². The topological polar surface area (TPSA) is 77.3 Å². The smallest absolute Gasteiger partial charge is 0.356 e. The maximum Gasteiger partial charge on any atom is 0.356 e. The highest BCUT2D eigenvalue weighted by molar-refractivity contribution is 6.05. The Morgan fingerprint density at radius 1 is 1.38 bits per heavy atom. The number of ether oxygens (including phenoxy) is 2. The van der Waals surface area contributed by atoms with Gasteiger partial charge in [0.2, 0.25) is 0 Å². The average molecular weight is 220 g/mol. The molecule has 3 N–H and O–H groups in total. The number of esters is 1. The van der Waals surface area contributed by atoms with Gasteiger partial charge in [0.15, 0.2) is 0 Å². The zero-order chi connectivity index (χ0) is 11.7. The van der Waals surface area contributed by atoms with Crippen molar-refractivity contribution in [1.82, 2.24) is 4.98 Å². The fourth-order valence-electron chi connectivity index (χ4n) is 1.59. The zero-order valence-corrected chi connectivity index (χ0v) is 9.03. The van der Waals surface area contributed by atoms with E-state index in [1.165, 1.54) is 7.11 Å². The molecule has 0 saturated carbocycles. The van der Waals surface area contributed by atoms with E-state index in [9.17, 15) is 4.79 Å². The lowest BCUT2D eigenvalue weighted by Crippen LogP contribution is -2.04. The van der Waals surface area contributed by atoms with Gasteiger partial charge in [-0.05, 0) is 12.1 Å². The van der Waals surface area contributed by atoms with Crippen LogP contribution >= 0.6 is 0 Å². The number of nitrogen functional groups attached to an aromatic ring is 1. The predicted octanol–water partition coefficient (Wildman–Crippen LogP) is 1.55. The second-order valence-corrected chi connectivity index (χ2v) is 3.32. The molecule has 0 radical (unpaired) electrons. The van der Waals surface area contributed by atoms with Crippen LogP contribution in [0.3, 0.4) is 0 Å². The molecule has 0 aliphatic rings. The summed E-state index contributed by atoms with van der Waals surface area (Å²) in [6, 6.07) is 5.36. The Morgan fingerprint density at radius 3 is 2.75 bits per heavy atom. The molecule has 2 rings (SSSR count). The van der Waals surface area contributed by atoms with E-state index in [4.69, 9.17) is 10.5 Å². The number of aromatic nitrogens is 1. The van der Waals surface area contributed by atoms with Crippen LogP contribution in [0.1, 0.15) is 10.5 Å². The Labute approximate surface area is 92.1 Å². The molecule has 0 amide bonds. The molecule has 0 aliphatic heterocycles. The number of H-pyrrole nitrogens is 1. The number of carbonyl (C=O) groups is 1. The molecule has 5 heteroatoms. The van der Waals surface area contributed by atoms with E-state index < -0.39 is 5.97 Å². The summed E-state index contributed by atoms with van der Waals surface area (Å²) in [6.45, 7) is 0. The van der Waals surface area contributed by atoms with Gasteiger partial charge in [-0.1, -0.05) is 0 Å². The predicted molar refractivity (Wildman–Crippen MR) is 60.6 cm³/mol. The number of aromatic amines is 1. The van der Waals surface area contributed by atoms with Crippen LogP contribution in [0.15, 0.2) is 18.2 Å². The van der Waals surface area contributed by atoms with Crippen LogP contribution in [-0.2, 0) is 4.74 Å². The van der Waals surface area contributed by atoms with Crippen LogP contribution in [0, 0.1) is 0 Å². The molecule has 0 aliphatic carbocycles. The quantitative estimate of drug-likeness (QED) is 0.752. The number of nitrogens with two attached hydrogens (primary N) is 1. The summed E-state index contributed by atoms with van der Waals surface area (Å²) in [5, 5.41) is 0.779. The Kier molecular flexibility index (Phi) is 2.44. The first-order valence-electron chi connectivity index (χ1n) is 4.71. The van der Waals surface area contributed by atoms with E-state index >= 15 is 0 Å². The molecular weight excluding hydrogens is 208 g/mol. The molecular formula is C11H12N2O3. The molecule has 0 bridgehead atoms. The van der Waals surface area contributed by atoms with Crippen molar-refractivity contribution in [1.29, 1.82) is 0 Å². The Bertz CT molecular complexity index is 545. The highest BCUT2D eigenvalue weighted by atomic mass is 16.5. The highest BCUT2D eigenvalue weighted by Gasteiger charge is 2.15. The first kappa shape index (κ1) is 10.4. The lowest BCUT2D eigenvalue weighted by molar-refractivity contribution is 0.0596. The SMILES string of the molecule is COC(=O)c1[nH]c2cc(OC)ccc2c1N. The van der Waals surface area contributed by atoms with Crippen molar-refractivity contribution in [2.75, 3.05) is 20.0 Å². The highest BCUT2D eigenvalue weighted by Crippen LogP contribution is 2.28. The van der Waals surface area contributed by atoms with Gasteiger partial charge in [-0.3, -0.25) is 0 Å². The minimum Gasteiger partial charge on any atom is -0.497 e. The molecule has 0 fully saturated rings. The first-order valence-corrected chi connectivity index (χ1v) is 4.71. The van der Waals surface area contributed by atoms with Gasteiger partial charge in [0, 0.05) is 11.5 Å². The van der Waals surface area contributed by atoms with Gasteiger partial charge in [-0.15, -0.1) is 0 Å². The number of hydrogen-bond donors (Lipinski definition) is 2. The van der Waals surface area contributed by atoms with Crippen LogP contribution in [0.4, 0.5) is 5.69 Å². The second kappa shape index (κ2) is 3.77. The van der Waals surface area contributed by atoms with Crippen molar-refractivity contribution in [2.24, 2.45) is 0 Å². The van der Waals surface area contributed by atoms with Crippen molar-refractivity contribution < 1.29 is 14.3 Å². The summed E-state index contributed by atoms with van der Waals surface area (Å²) >= 11 is 0.